The third-order valence-corrected chi connectivity index (χ3v) is 19.9. The van der Waals surface area contributed by atoms with Crippen LogP contribution in [0.15, 0.2) is 181 Å². The van der Waals surface area contributed by atoms with Gasteiger partial charge < -0.3 is 0 Å². The van der Waals surface area contributed by atoms with Crippen molar-refractivity contribution in [3.05, 3.63) is 276 Å². The normalized spacial score (nSPS) is 15.7. The molecule has 7 aromatic carbocycles. The minimum absolute atomic E-state index is 0.269. The number of hydrogen-bond acceptors (Lipinski definition) is 0. The van der Waals surface area contributed by atoms with E-state index >= 15 is 0 Å². The highest BCUT2D eigenvalue weighted by Crippen LogP contribution is 2.41. The number of hydrogen-bond donors (Lipinski definition) is 0. The molecule has 0 fully saturated rings. The summed E-state index contributed by atoms with van der Waals surface area (Å²) in [4.78, 5) is 0. The van der Waals surface area contributed by atoms with Crippen LogP contribution in [0.3, 0.4) is 0 Å². The number of fused-ring (bicyclic) bond motifs is 7. The summed E-state index contributed by atoms with van der Waals surface area (Å²) < 4.78 is 0. The lowest BCUT2D eigenvalue weighted by Crippen LogP contribution is -2.20. The molecule has 0 heteroatoms. The van der Waals surface area contributed by atoms with Gasteiger partial charge in [-0.3, -0.25) is 0 Å². The van der Waals surface area contributed by atoms with E-state index in [0.29, 0.717) is 21.7 Å². The highest BCUT2D eigenvalue weighted by atomic mass is 14.4. The summed E-state index contributed by atoms with van der Waals surface area (Å²) in [5.74, 6) is 1.68. The van der Waals surface area contributed by atoms with E-state index in [1.807, 2.05) is 0 Å². The molecule has 0 aliphatic heterocycles. The molecule has 7 aliphatic carbocycles. The van der Waals surface area contributed by atoms with Gasteiger partial charge in [0, 0.05) is 0 Å². The summed E-state index contributed by atoms with van der Waals surface area (Å²) in [5, 5.41) is 0. The van der Waals surface area contributed by atoms with Crippen molar-refractivity contribution in [2.45, 2.75) is 219 Å². The van der Waals surface area contributed by atoms with E-state index in [1.165, 1.54) is 98.0 Å². The largest absolute Gasteiger partial charge is 0.0795 e. The molecule has 14 rings (SSSR count). The first-order valence-electron chi connectivity index (χ1n) is 34.6. The Kier molecular flexibility index (Phi) is 22.1. The minimum atomic E-state index is 0.269. The summed E-state index contributed by atoms with van der Waals surface area (Å²) >= 11 is 0. The van der Waals surface area contributed by atoms with Crippen LogP contribution in [0.25, 0.3) is 30.4 Å². The second-order valence-electron chi connectivity index (χ2n) is 34.4. The van der Waals surface area contributed by atoms with Crippen molar-refractivity contribution in [3.63, 3.8) is 0 Å². The maximum Gasteiger partial charge on any atom is -0.00526 e. The first-order valence-corrected chi connectivity index (χ1v) is 34.6. The lowest BCUT2D eigenvalue weighted by Gasteiger charge is -2.26. The Balaban J connectivity index is 0.000000137. The zero-order valence-corrected chi connectivity index (χ0v) is 60.6. The molecular weight excluding hydrogens is 1090 g/mol. The van der Waals surface area contributed by atoms with Gasteiger partial charge in [-0.25, -0.2) is 0 Å². The van der Waals surface area contributed by atoms with Crippen molar-refractivity contribution in [2.75, 3.05) is 0 Å². The van der Waals surface area contributed by atoms with Gasteiger partial charge in [-0.2, -0.15) is 0 Å². The zero-order valence-electron chi connectivity index (χ0n) is 60.6. The van der Waals surface area contributed by atoms with Crippen LogP contribution < -0.4 is 0 Å². The second-order valence-corrected chi connectivity index (χ2v) is 34.4. The number of benzene rings is 7. The average Bonchev–Trinajstić information content (AvgIpc) is 2.03. The Morgan fingerprint density at radius 1 is 0.253 bits per heavy atom. The molecule has 0 atom stereocenters. The van der Waals surface area contributed by atoms with Crippen molar-refractivity contribution in [3.8, 4) is 0 Å². The smallest absolute Gasteiger partial charge is 0.00526 e. The van der Waals surface area contributed by atoms with Crippen molar-refractivity contribution >= 4 is 30.4 Å². The zero-order chi connectivity index (χ0) is 66.3. The van der Waals surface area contributed by atoms with Gasteiger partial charge in [0.05, 0.1) is 0 Å². The average molecular weight is 1210 g/mol. The van der Waals surface area contributed by atoms with E-state index in [9.17, 15) is 0 Å². The molecule has 0 saturated carbocycles. The number of allylic oxidation sites excluding steroid dienone is 5. The lowest BCUT2D eigenvalue weighted by atomic mass is 9.79. The van der Waals surface area contributed by atoms with Gasteiger partial charge in [0.15, 0.2) is 0 Å². The van der Waals surface area contributed by atoms with Crippen LogP contribution in [0.2, 0.25) is 0 Å². The fraction of sp³-hybridized carbons (Fsp3) is 0.429. The van der Waals surface area contributed by atoms with Crippen LogP contribution in [0.1, 0.15) is 240 Å². The fourth-order valence-electron chi connectivity index (χ4n) is 13.0. The standard InChI is InChI=1S/3C13H16.2C13H18.2C13H16/c3*1-13(2,3)12-8-7-10-5-4-6-11(10)9-12;4*1-13(2,3)12-8-10-6-4-5-7-11(10)9-12/h4,6-9H,5H2,1-3H3;2*4-5,7-9H,6H2,1-3H3;2*4-7,12H,8-9H2,1-3H3;2*4-8H,9H2,1-3H3. The summed E-state index contributed by atoms with van der Waals surface area (Å²) in [6.45, 7) is 48.1. The Labute approximate surface area is 555 Å². The van der Waals surface area contributed by atoms with E-state index < -0.39 is 0 Å². The van der Waals surface area contributed by atoms with E-state index in [-0.39, 0.29) is 16.2 Å². The Hall–Kier alpha value is -6.76. The van der Waals surface area contributed by atoms with Crippen LogP contribution in [0.5, 0.6) is 0 Å². The highest BCUT2D eigenvalue weighted by molar-refractivity contribution is 5.66. The highest BCUT2D eigenvalue weighted by Gasteiger charge is 2.32. The first-order chi connectivity index (χ1) is 42.5. The molecule has 0 spiro atoms. The summed E-state index contributed by atoms with van der Waals surface area (Å²) in [6.07, 6.45) is 28.8. The minimum Gasteiger partial charge on any atom is -0.0795 e. The Bertz CT molecular complexity index is 3480. The van der Waals surface area contributed by atoms with E-state index in [4.69, 9.17) is 0 Å². The van der Waals surface area contributed by atoms with Gasteiger partial charge in [-0.1, -0.05) is 357 Å². The van der Waals surface area contributed by atoms with Crippen LogP contribution in [0.4, 0.5) is 0 Å². The predicted molar refractivity (Wildman–Crippen MR) is 402 cm³/mol. The molecule has 0 radical (unpaired) electrons. The molecule has 0 unspecified atom stereocenters. The second kappa shape index (κ2) is 28.6. The van der Waals surface area contributed by atoms with Gasteiger partial charge in [0.1, 0.15) is 0 Å². The van der Waals surface area contributed by atoms with E-state index in [1.54, 1.807) is 33.4 Å². The van der Waals surface area contributed by atoms with Gasteiger partial charge in [-0.15, -0.1) is 0 Å². The SMILES string of the molecule is CC(C)(C)C1=Cc2ccccc2C1.CC(C)(C)C1=Cc2ccccc2C1.CC(C)(C)C1Cc2ccccc2C1.CC(C)(C)C1Cc2ccccc2C1.CC(C)(C)c1ccc2c(c1)C=CC2.CC(C)(C)c1ccc2c(c1)CC=C2.CC(C)(C)c1ccc2c(c1)CC=C2. The molecule has 0 saturated heterocycles. The molecule has 91 heavy (non-hydrogen) atoms. The maximum atomic E-state index is 2.35. The molecule has 0 N–H and O–H groups in total. The Morgan fingerprint density at radius 3 is 0.868 bits per heavy atom. The van der Waals surface area contributed by atoms with Crippen LogP contribution in [-0.4, -0.2) is 0 Å². The topological polar surface area (TPSA) is 0 Å². The van der Waals surface area contributed by atoms with Crippen LogP contribution in [0, 0.1) is 33.5 Å². The molecule has 0 aromatic heterocycles. The quantitative estimate of drug-likeness (QED) is 0.142. The van der Waals surface area contributed by atoms with E-state index in [0.717, 1.165) is 43.9 Å². The number of rotatable bonds is 0. The lowest BCUT2D eigenvalue weighted by molar-refractivity contribution is 0.251. The molecule has 7 aromatic rings. The van der Waals surface area contributed by atoms with Gasteiger partial charge in [0.25, 0.3) is 0 Å². The van der Waals surface area contributed by atoms with Crippen molar-refractivity contribution < 1.29 is 0 Å². The molecule has 0 nitrogen and oxygen atoms in total. The van der Waals surface area contributed by atoms with Gasteiger partial charge in [-0.05, 0) is 202 Å². The maximum absolute atomic E-state index is 2.35. The molecule has 0 bridgehead atoms. The molecule has 480 valence electrons. The fourth-order valence-corrected chi connectivity index (χ4v) is 13.0. The summed E-state index contributed by atoms with van der Waals surface area (Å²) in [7, 11) is 0. The van der Waals surface area contributed by atoms with Crippen LogP contribution in [-0.2, 0) is 74.0 Å². The molecule has 0 amide bonds. The third kappa shape index (κ3) is 19.4. The van der Waals surface area contributed by atoms with Gasteiger partial charge >= 0.3 is 0 Å². The molecule has 0 heterocycles. The predicted octanol–water partition coefficient (Wildman–Crippen LogP) is 24.9. The van der Waals surface area contributed by atoms with Crippen molar-refractivity contribution in [1.82, 2.24) is 0 Å². The van der Waals surface area contributed by atoms with Crippen molar-refractivity contribution in [1.29, 1.82) is 0 Å². The van der Waals surface area contributed by atoms with Crippen molar-refractivity contribution in [2.24, 2.45) is 33.5 Å². The van der Waals surface area contributed by atoms with E-state index in [2.05, 4.69) is 346 Å². The molecular formula is C91H116. The van der Waals surface area contributed by atoms with Gasteiger partial charge in [0.2, 0.25) is 0 Å². The monoisotopic (exact) mass is 1210 g/mol. The first kappa shape index (κ1) is 70.1. The summed E-state index contributed by atoms with van der Waals surface area (Å²) in [6, 6.07) is 55.6. The summed E-state index contributed by atoms with van der Waals surface area (Å²) in [5.41, 5.74) is 30.5. The molecule has 7 aliphatic rings. The van der Waals surface area contributed by atoms with Crippen LogP contribution >= 0.6 is 0 Å². The Morgan fingerprint density at radius 2 is 0.549 bits per heavy atom. The third-order valence-electron chi connectivity index (χ3n) is 19.9.